The average Bonchev–Trinajstić information content (AvgIpc) is 3.79. The van der Waals surface area contributed by atoms with Crippen LogP contribution >= 0.6 is 21.6 Å². The Labute approximate surface area is 379 Å². The molecule has 2 rings (SSSR count). The number of hydrogen-bond acceptors (Lipinski definition) is 14. The van der Waals surface area contributed by atoms with Crippen LogP contribution in [0.25, 0.3) is 0 Å². The zero-order chi connectivity index (χ0) is 47.9. The number of carboxylic acid groups (broad SMARTS) is 1. The molecule has 0 spiro atoms. The van der Waals surface area contributed by atoms with Crippen LogP contribution in [0.5, 0.6) is 0 Å². The number of hydrogen-bond donors (Lipinski definition) is 14. The molecule has 8 amide bonds. The highest BCUT2D eigenvalue weighted by Gasteiger charge is 2.34. The molecule has 2 aliphatic heterocycles. The number of aliphatic carboxylic acids is 1. The van der Waals surface area contributed by atoms with Crippen molar-refractivity contribution in [2.75, 3.05) is 37.7 Å². The number of nitrogens with two attached hydrogens (primary N) is 4. The number of carbonyl (C=O) groups excluding carboxylic acids is 8. The van der Waals surface area contributed by atoms with Crippen molar-refractivity contribution in [3.8, 4) is 0 Å². The van der Waals surface area contributed by atoms with Gasteiger partial charge in [-0.3, -0.25) is 53.1 Å². The van der Waals surface area contributed by atoms with Gasteiger partial charge in [-0.05, 0) is 64.8 Å². The molecule has 2 saturated heterocycles. The van der Waals surface area contributed by atoms with Crippen molar-refractivity contribution in [1.82, 2.24) is 47.9 Å². The molecular weight excluding hydrogens is 879 g/mol. The van der Waals surface area contributed by atoms with Gasteiger partial charge >= 0.3 is 5.97 Å². The van der Waals surface area contributed by atoms with Crippen molar-refractivity contribution < 1.29 is 48.3 Å². The van der Waals surface area contributed by atoms with Crippen LogP contribution in [0, 0.1) is 5.92 Å². The minimum absolute atomic E-state index is 0.0147. The first kappa shape index (κ1) is 54.6. The second-order valence-electron chi connectivity index (χ2n) is 15.3. The molecule has 0 unspecified atom stereocenters. The molecule has 2 heterocycles. The van der Waals surface area contributed by atoms with Gasteiger partial charge in [0.2, 0.25) is 47.3 Å². The zero-order valence-corrected chi connectivity index (χ0v) is 38.2. The maximum Gasteiger partial charge on any atom is 0.325 e. The number of nitrogens with one attached hydrogen (secondary N) is 9. The highest BCUT2D eigenvalue weighted by Crippen LogP contribution is 2.24. The standard InChI is InChI=1S/C37H65N15O10S2/c1-5-18(2)27-34(60)45-15-26(53)48-24(32(58)47-20(4)35(61)62)16-63-64-17-25(51-29(55)21-9-6-12-42-21)33(59)50-22(10-7-13-43-36(38)39)30(56)46-19(3)28(54)49-23(31(57)52-27)11-8-14-44-37(40)41/h18-25,27,42H,5-17H2,1-4H3,(H,45,60)(H,46,56)(H,47,58)(H,48,53)(H,49,54)(H,50,59)(H,51,55)(H,52,57)(H,61,62)(H4,38,39,43)(H4,40,41,44)/t18-,19-,20-,21-,22-,23-,24-,25-,27-/m0/s1. The topological polar surface area (TPSA) is 411 Å². The van der Waals surface area contributed by atoms with Crippen LogP contribution < -0.4 is 70.8 Å². The van der Waals surface area contributed by atoms with E-state index in [2.05, 4.69) is 57.8 Å². The van der Waals surface area contributed by atoms with E-state index in [1.165, 1.54) is 13.8 Å². The Kier molecular flexibility index (Phi) is 24.1. The normalized spacial score (nSPS) is 25.6. The van der Waals surface area contributed by atoms with E-state index in [9.17, 15) is 48.3 Å². The van der Waals surface area contributed by atoms with Gasteiger partial charge in [0.15, 0.2) is 11.9 Å². The van der Waals surface area contributed by atoms with Gasteiger partial charge in [0.25, 0.3) is 0 Å². The molecule has 0 aromatic carbocycles. The average molecular weight is 944 g/mol. The van der Waals surface area contributed by atoms with Crippen molar-refractivity contribution in [3.05, 3.63) is 0 Å². The van der Waals surface area contributed by atoms with Gasteiger partial charge in [-0.25, -0.2) is 0 Å². The van der Waals surface area contributed by atoms with Crippen LogP contribution in [-0.4, -0.2) is 156 Å². The molecule has 0 saturated carbocycles. The fraction of sp³-hybridized carbons (Fsp3) is 0.703. The molecule has 64 heavy (non-hydrogen) atoms. The van der Waals surface area contributed by atoms with Gasteiger partial charge in [-0.1, -0.05) is 41.9 Å². The molecule has 360 valence electrons. The zero-order valence-electron chi connectivity index (χ0n) is 36.5. The Hall–Kier alpha value is -5.57. The van der Waals surface area contributed by atoms with Gasteiger partial charge in [0, 0.05) is 24.6 Å². The highest BCUT2D eigenvalue weighted by molar-refractivity contribution is 8.76. The summed E-state index contributed by atoms with van der Waals surface area (Å²) in [5, 5.41) is 33.0. The lowest BCUT2D eigenvalue weighted by Crippen LogP contribution is -2.60. The number of aliphatic imine (C=N–C) groups is 2. The monoisotopic (exact) mass is 943 g/mol. The third-order valence-corrected chi connectivity index (χ3v) is 12.5. The molecule has 27 heteroatoms. The van der Waals surface area contributed by atoms with Gasteiger partial charge < -0.3 is 75.9 Å². The summed E-state index contributed by atoms with van der Waals surface area (Å²) in [4.78, 5) is 128. The van der Waals surface area contributed by atoms with E-state index in [-0.39, 0.29) is 62.2 Å². The van der Waals surface area contributed by atoms with E-state index in [4.69, 9.17) is 22.9 Å². The summed E-state index contributed by atoms with van der Waals surface area (Å²) in [6.07, 6.45) is 2.01. The Morgan fingerprint density at radius 3 is 1.89 bits per heavy atom. The number of rotatable bonds is 15. The predicted octanol–water partition coefficient (Wildman–Crippen LogP) is -5.08. The molecule has 18 N–H and O–H groups in total. The number of amides is 8. The van der Waals surface area contributed by atoms with Crippen molar-refractivity contribution in [1.29, 1.82) is 0 Å². The first-order valence-corrected chi connectivity index (χ1v) is 23.4. The lowest BCUT2D eigenvalue weighted by molar-refractivity contribution is -0.141. The fourth-order valence-corrected chi connectivity index (χ4v) is 8.45. The quantitative estimate of drug-likeness (QED) is 0.0316. The minimum Gasteiger partial charge on any atom is -0.480 e. The SMILES string of the molecule is CC[C@H](C)[C@@H]1NC(=O)[C@H](CCCN=C(N)N)NC(=O)[C@H](C)NC(=O)[C@H](CCCN=C(N)N)NC(=O)[C@@H](NC(=O)[C@@H]2CCCN2)CSSC[C@@H](C(=O)N[C@@H](C)C(=O)O)NC(=O)CNC1=O. The summed E-state index contributed by atoms with van der Waals surface area (Å²) in [6, 6.07) is -9.54. The first-order valence-electron chi connectivity index (χ1n) is 20.9. The minimum atomic E-state index is -1.34. The molecule has 0 aromatic rings. The summed E-state index contributed by atoms with van der Waals surface area (Å²) in [7, 11) is 2.06. The predicted molar refractivity (Wildman–Crippen MR) is 241 cm³/mol. The molecular formula is C37H65N15O10S2. The molecule has 0 aliphatic carbocycles. The summed E-state index contributed by atoms with van der Waals surface area (Å²) in [5.41, 5.74) is 21.8. The van der Waals surface area contributed by atoms with Crippen LogP contribution in [0.4, 0.5) is 0 Å². The molecule has 2 aliphatic rings. The van der Waals surface area contributed by atoms with Crippen LogP contribution in [0.2, 0.25) is 0 Å². The fourth-order valence-electron chi connectivity index (χ4n) is 6.13. The van der Waals surface area contributed by atoms with Gasteiger partial charge in [0.05, 0.1) is 12.6 Å². The number of nitrogens with zero attached hydrogens (tertiary/aromatic N) is 2. The van der Waals surface area contributed by atoms with Crippen molar-refractivity contribution in [3.63, 3.8) is 0 Å². The van der Waals surface area contributed by atoms with Gasteiger partial charge in [-0.15, -0.1) is 0 Å². The van der Waals surface area contributed by atoms with Crippen LogP contribution in [0.3, 0.4) is 0 Å². The van der Waals surface area contributed by atoms with E-state index < -0.39 is 114 Å². The Morgan fingerprint density at radius 1 is 0.766 bits per heavy atom. The van der Waals surface area contributed by atoms with Crippen LogP contribution in [0.15, 0.2) is 9.98 Å². The van der Waals surface area contributed by atoms with Crippen LogP contribution in [0.1, 0.15) is 72.6 Å². The van der Waals surface area contributed by atoms with Crippen molar-refractivity contribution in [2.24, 2.45) is 38.8 Å². The van der Waals surface area contributed by atoms with E-state index in [1.54, 1.807) is 13.8 Å². The third kappa shape index (κ3) is 19.9. The maximum absolute atomic E-state index is 14.0. The molecule has 0 bridgehead atoms. The second kappa shape index (κ2) is 28.3. The number of carboxylic acids is 1. The van der Waals surface area contributed by atoms with Crippen molar-refractivity contribution >= 4 is 86.7 Å². The highest BCUT2D eigenvalue weighted by atomic mass is 33.1. The number of guanidine groups is 2. The summed E-state index contributed by atoms with van der Waals surface area (Å²) < 4.78 is 0. The summed E-state index contributed by atoms with van der Waals surface area (Å²) in [6.45, 7) is 6.17. The largest absolute Gasteiger partial charge is 0.480 e. The van der Waals surface area contributed by atoms with Gasteiger partial charge in [0.1, 0.15) is 42.3 Å². The summed E-state index contributed by atoms with van der Waals surface area (Å²) in [5.74, 6) is -8.51. The van der Waals surface area contributed by atoms with E-state index >= 15 is 0 Å². The lowest BCUT2D eigenvalue weighted by atomic mass is 9.97. The van der Waals surface area contributed by atoms with Crippen LogP contribution in [-0.2, 0) is 43.2 Å². The Morgan fingerprint density at radius 2 is 1.34 bits per heavy atom. The molecule has 25 nitrogen and oxygen atoms in total. The van der Waals surface area contributed by atoms with E-state index in [1.807, 2.05) is 0 Å². The molecule has 2 fully saturated rings. The Bertz CT molecular complexity index is 1710. The molecule has 0 radical (unpaired) electrons. The number of carbonyl (C=O) groups is 9. The smallest absolute Gasteiger partial charge is 0.325 e. The van der Waals surface area contributed by atoms with Crippen molar-refractivity contribution in [2.45, 2.75) is 121 Å². The van der Waals surface area contributed by atoms with Gasteiger partial charge in [-0.2, -0.15) is 0 Å². The Balaban J connectivity index is 2.58. The molecule has 9 atom stereocenters. The van der Waals surface area contributed by atoms with E-state index in [0.717, 1.165) is 28.0 Å². The third-order valence-electron chi connectivity index (χ3n) is 10.1. The first-order chi connectivity index (χ1) is 30.2. The lowest BCUT2D eigenvalue weighted by Gasteiger charge is -2.27. The summed E-state index contributed by atoms with van der Waals surface area (Å²) >= 11 is 0. The molecule has 0 aromatic heterocycles. The maximum atomic E-state index is 14.0. The second-order valence-corrected chi connectivity index (χ2v) is 17.9. The van der Waals surface area contributed by atoms with E-state index in [0.29, 0.717) is 19.4 Å².